The molecule has 108 valence electrons. The van der Waals surface area contributed by atoms with Crippen LogP contribution in [0.25, 0.3) is 11.1 Å². The number of ether oxygens (including phenoxy) is 1. The Kier molecular flexibility index (Phi) is 4.49. The van der Waals surface area contributed by atoms with Crippen molar-refractivity contribution < 1.29 is 17.9 Å². The lowest BCUT2D eigenvalue weighted by Crippen LogP contribution is -2.27. The van der Waals surface area contributed by atoms with Crippen LogP contribution in [0, 0.1) is 17.2 Å². The number of hydrogen-bond acceptors (Lipinski definition) is 2. The normalized spacial score (nSPS) is 12.5. The molecule has 2 nitrogen and oxygen atoms in total. The maximum Gasteiger partial charge on any atom is 0.407 e. The quantitative estimate of drug-likeness (QED) is 0.834. The summed E-state index contributed by atoms with van der Waals surface area (Å²) in [4.78, 5) is 0. The van der Waals surface area contributed by atoms with Crippen molar-refractivity contribution in [3.8, 4) is 22.9 Å². The second-order valence-corrected chi connectivity index (χ2v) is 4.40. The van der Waals surface area contributed by atoms with Crippen LogP contribution in [-0.4, -0.2) is 12.8 Å². The van der Waals surface area contributed by atoms with E-state index in [2.05, 4.69) is 0 Å². The van der Waals surface area contributed by atoms with E-state index in [1.54, 1.807) is 24.3 Å². The van der Waals surface area contributed by atoms with E-state index in [-0.39, 0.29) is 0 Å². The summed E-state index contributed by atoms with van der Waals surface area (Å²) in [5.41, 5.74) is 1.53. The van der Waals surface area contributed by atoms with Crippen molar-refractivity contribution in [1.29, 1.82) is 5.26 Å². The summed E-state index contributed by atoms with van der Waals surface area (Å²) in [6.07, 6.45) is -4.59. The van der Waals surface area contributed by atoms with Crippen LogP contribution in [0.2, 0.25) is 0 Å². The van der Waals surface area contributed by atoms with Crippen molar-refractivity contribution in [2.45, 2.75) is 6.18 Å². The molecule has 5 heteroatoms. The highest BCUT2D eigenvalue weighted by molar-refractivity contribution is 5.70. The molecular formula is C16H12F3NO. The minimum absolute atomic E-state index is 0.327. The van der Waals surface area contributed by atoms with Gasteiger partial charge in [0.05, 0.1) is 6.07 Å². The molecule has 0 aliphatic carbocycles. The molecule has 0 radical (unpaired) electrons. The van der Waals surface area contributed by atoms with E-state index < -0.39 is 18.7 Å². The molecule has 0 fully saturated rings. The standard InChI is InChI=1S/C16H12F3NO/c17-16(18,19)13(10-20)11-21-15-9-5-4-8-14(15)12-6-2-1-3-7-12/h1-9,13H,11H2. The van der Waals surface area contributed by atoms with Gasteiger partial charge in [0.1, 0.15) is 12.4 Å². The lowest BCUT2D eigenvalue weighted by atomic mass is 10.0. The summed E-state index contributed by atoms with van der Waals surface area (Å²) in [5, 5.41) is 8.58. The van der Waals surface area contributed by atoms with Crippen LogP contribution in [0.4, 0.5) is 13.2 Å². The molecular weight excluding hydrogens is 279 g/mol. The second kappa shape index (κ2) is 6.31. The van der Waals surface area contributed by atoms with Gasteiger partial charge in [0.25, 0.3) is 0 Å². The first-order valence-electron chi connectivity index (χ1n) is 6.26. The Balaban J connectivity index is 2.21. The fourth-order valence-electron chi connectivity index (χ4n) is 1.83. The Morgan fingerprint density at radius 2 is 1.62 bits per heavy atom. The minimum atomic E-state index is -4.59. The Bertz CT molecular complexity index is 632. The smallest absolute Gasteiger partial charge is 0.407 e. The van der Waals surface area contributed by atoms with Crippen molar-refractivity contribution in [2.24, 2.45) is 5.92 Å². The lowest BCUT2D eigenvalue weighted by molar-refractivity contribution is -0.165. The van der Waals surface area contributed by atoms with E-state index in [4.69, 9.17) is 10.00 Å². The van der Waals surface area contributed by atoms with Crippen molar-refractivity contribution in [3.63, 3.8) is 0 Å². The van der Waals surface area contributed by atoms with Gasteiger partial charge in [-0.15, -0.1) is 0 Å². The topological polar surface area (TPSA) is 33.0 Å². The molecule has 0 bridgehead atoms. The fourth-order valence-corrected chi connectivity index (χ4v) is 1.83. The van der Waals surface area contributed by atoms with Crippen molar-refractivity contribution in [2.75, 3.05) is 6.61 Å². The van der Waals surface area contributed by atoms with Crippen LogP contribution in [0.3, 0.4) is 0 Å². The number of nitrogens with zero attached hydrogens (tertiary/aromatic N) is 1. The summed E-state index contributed by atoms with van der Waals surface area (Å²) in [5.74, 6) is -1.81. The Morgan fingerprint density at radius 3 is 2.24 bits per heavy atom. The van der Waals surface area contributed by atoms with Crippen molar-refractivity contribution in [1.82, 2.24) is 0 Å². The van der Waals surface area contributed by atoms with Crippen LogP contribution >= 0.6 is 0 Å². The van der Waals surface area contributed by atoms with Crippen molar-refractivity contribution >= 4 is 0 Å². The van der Waals surface area contributed by atoms with E-state index in [0.29, 0.717) is 11.3 Å². The molecule has 0 spiro atoms. The molecule has 0 heterocycles. The maximum absolute atomic E-state index is 12.5. The van der Waals surface area contributed by atoms with E-state index in [1.807, 2.05) is 30.3 Å². The fraction of sp³-hybridized carbons (Fsp3) is 0.188. The molecule has 2 aromatic carbocycles. The molecule has 2 rings (SSSR count). The van der Waals surface area contributed by atoms with Gasteiger partial charge in [-0.25, -0.2) is 0 Å². The number of rotatable bonds is 4. The Morgan fingerprint density at radius 1 is 1.00 bits per heavy atom. The highest BCUT2D eigenvalue weighted by atomic mass is 19.4. The molecule has 21 heavy (non-hydrogen) atoms. The summed E-state index contributed by atoms with van der Waals surface area (Å²) in [6.45, 7) is -0.718. The second-order valence-electron chi connectivity index (χ2n) is 4.40. The molecule has 0 aliphatic rings. The van der Waals surface area contributed by atoms with E-state index in [0.717, 1.165) is 5.56 Å². The monoisotopic (exact) mass is 291 g/mol. The SMILES string of the molecule is N#CC(COc1ccccc1-c1ccccc1)C(F)(F)F. The zero-order valence-electron chi connectivity index (χ0n) is 11.0. The number of hydrogen-bond donors (Lipinski definition) is 0. The highest BCUT2D eigenvalue weighted by Gasteiger charge is 2.40. The third-order valence-corrected chi connectivity index (χ3v) is 2.93. The molecule has 1 atom stereocenters. The van der Waals surface area contributed by atoms with Gasteiger partial charge < -0.3 is 4.74 Å². The van der Waals surface area contributed by atoms with Crippen LogP contribution < -0.4 is 4.74 Å². The molecule has 0 N–H and O–H groups in total. The lowest BCUT2D eigenvalue weighted by Gasteiger charge is -2.16. The first kappa shape index (κ1) is 14.9. The number of alkyl halides is 3. The molecule has 0 aromatic heterocycles. The summed E-state index contributed by atoms with van der Waals surface area (Å²) in [6, 6.07) is 17.2. The van der Waals surface area contributed by atoms with Crippen LogP contribution in [0.15, 0.2) is 54.6 Å². The zero-order valence-corrected chi connectivity index (χ0v) is 11.0. The van der Waals surface area contributed by atoms with Crippen LogP contribution in [0.5, 0.6) is 5.75 Å². The van der Waals surface area contributed by atoms with E-state index in [9.17, 15) is 13.2 Å². The molecule has 0 aliphatic heterocycles. The third kappa shape index (κ3) is 3.76. The zero-order chi connectivity index (χ0) is 15.3. The van der Waals surface area contributed by atoms with Gasteiger partial charge in [-0.05, 0) is 11.6 Å². The Labute approximate surface area is 120 Å². The average molecular weight is 291 g/mol. The van der Waals surface area contributed by atoms with Gasteiger partial charge >= 0.3 is 6.18 Å². The van der Waals surface area contributed by atoms with Gasteiger partial charge in [0.15, 0.2) is 5.92 Å². The van der Waals surface area contributed by atoms with Gasteiger partial charge in [-0.2, -0.15) is 18.4 Å². The third-order valence-electron chi connectivity index (χ3n) is 2.93. The summed E-state index contributed by atoms with van der Waals surface area (Å²) < 4.78 is 42.9. The average Bonchev–Trinajstić information content (AvgIpc) is 2.48. The molecule has 1 unspecified atom stereocenters. The molecule has 0 saturated heterocycles. The number of nitriles is 1. The minimum Gasteiger partial charge on any atom is -0.491 e. The van der Waals surface area contributed by atoms with Crippen LogP contribution in [-0.2, 0) is 0 Å². The van der Waals surface area contributed by atoms with Gasteiger partial charge in [0, 0.05) is 5.56 Å². The highest BCUT2D eigenvalue weighted by Crippen LogP contribution is 2.31. The van der Waals surface area contributed by atoms with Crippen molar-refractivity contribution in [3.05, 3.63) is 54.6 Å². The van der Waals surface area contributed by atoms with Gasteiger partial charge in [-0.1, -0.05) is 48.5 Å². The number of halogens is 3. The van der Waals surface area contributed by atoms with Crippen LogP contribution in [0.1, 0.15) is 0 Å². The predicted molar refractivity (Wildman–Crippen MR) is 72.5 cm³/mol. The van der Waals surface area contributed by atoms with E-state index in [1.165, 1.54) is 6.07 Å². The molecule has 0 amide bonds. The summed E-state index contributed by atoms with van der Waals surface area (Å²) >= 11 is 0. The summed E-state index contributed by atoms with van der Waals surface area (Å²) in [7, 11) is 0. The predicted octanol–water partition coefficient (Wildman–Crippen LogP) is 4.43. The largest absolute Gasteiger partial charge is 0.491 e. The maximum atomic E-state index is 12.5. The van der Waals surface area contributed by atoms with E-state index >= 15 is 0 Å². The van der Waals surface area contributed by atoms with Gasteiger partial charge in [0.2, 0.25) is 0 Å². The first-order valence-corrected chi connectivity index (χ1v) is 6.26. The number of benzene rings is 2. The first-order chi connectivity index (χ1) is 10.0. The molecule has 2 aromatic rings. The number of para-hydroxylation sites is 1. The van der Waals surface area contributed by atoms with Gasteiger partial charge in [-0.3, -0.25) is 0 Å². The Hall–Kier alpha value is -2.48. The molecule has 0 saturated carbocycles.